The number of amides is 1. The quantitative estimate of drug-likeness (QED) is 0.352. The largest absolute Gasteiger partial charge is 0.493 e. The monoisotopic (exact) mass is 437 g/mol. The summed E-state index contributed by atoms with van der Waals surface area (Å²) in [4.78, 5) is 19.7. The van der Waals surface area contributed by atoms with Gasteiger partial charge in [-0.25, -0.2) is 9.37 Å². The first kappa shape index (κ1) is 22.7. The maximum Gasteiger partial charge on any atom is 0.247 e. The summed E-state index contributed by atoms with van der Waals surface area (Å²) in [6.07, 6.45) is 2.22. The van der Waals surface area contributed by atoms with Crippen LogP contribution in [0, 0.1) is 11.7 Å². The molecule has 4 N–H and O–H groups in total. The Morgan fingerprint density at radius 1 is 1.19 bits per heavy atom. The molecule has 1 atom stereocenters. The summed E-state index contributed by atoms with van der Waals surface area (Å²) in [6.45, 7) is 5.72. The van der Waals surface area contributed by atoms with E-state index in [-0.39, 0.29) is 30.2 Å². The molecule has 0 spiro atoms. The number of ether oxygens (including phenoxy) is 1. The fourth-order valence-corrected chi connectivity index (χ4v) is 2.60. The molecule has 0 saturated carbocycles. The number of rotatable bonds is 10. The lowest BCUT2D eigenvalue weighted by Gasteiger charge is -2.13. The molecule has 0 fully saturated rings. The van der Waals surface area contributed by atoms with Gasteiger partial charge in [0.25, 0.3) is 0 Å². The van der Waals surface area contributed by atoms with Gasteiger partial charge in [0.1, 0.15) is 5.75 Å². The summed E-state index contributed by atoms with van der Waals surface area (Å²) in [5.41, 5.74) is 1.72. The molecule has 8 nitrogen and oxygen atoms in total. The molecular formula is C23H24FN5O3. The minimum atomic E-state index is -0.633. The zero-order valence-corrected chi connectivity index (χ0v) is 17.5. The molecule has 1 unspecified atom stereocenters. The molecule has 1 amide bonds. The minimum Gasteiger partial charge on any atom is -0.493 e. The van der Waals surface area contributed by atoms with Gasteiger partial charge in [-0.2, -0.15) is 4.98 Å². The Morgan fingerprint density at radius 3 is 2.66 bits per heavy atom. The molecule has 3 aromatic rings. The van der Waals surface area contributed by atoms with E-state index in [0.717, 1.165) is 12.3 Å². The van der Waals surface area contributed by atoms with Crippen LogP contribution < -0.4 is 20.7 Å². The molecule has 3 rings (SSSR count). The van der Waals surface area contributed by atoms with E-state index in [4.69, 9.17) is 9.84 Å². The number of hydrogen-bond donors (Lipinski definition) is 4. The van der Waals surface area contributed by atoms with Crippen LogP contribution in [0.1, 0.15) is 6.92 Å². The van der Waals surface area contributed by atoms with E-state index < -0.39 is 5.82 Å². The fourth-order valence-electron chi connectivity index (χ4n) is 2.60. The molecule has 0 saturated heterocycles. The summed E-state index contributed by atoms with van der Waals surface area (Å²) < 4.78 is 20.0. The standard InChI is InChI=1S/C23H24FN5O3/c1-3-21(31)26-16-6-4-7-17(10-16)27-22-20(24)12-25-23(29-22)28-18-8-5-9-19(11-18)32-14-15(2)13-30/h3-12,15,30H,1,13-14H2,2H3,(H,26,31)(H2,25,27,28,29). The third kappa shape index (κ3) is 6.51. The highest BCUT2D eigenvalue weighted by Gasteiger charge is 2.09. The lowest BCUT2D eigenvalue weighted by Crippen LogP contribution is -2.12. The van der Waals surface area contributed by atoms with Crippen LogP contribution in [0.15, 0.2) is 67.4 Å². The molecule has 0 aliphatic heterocycles. The lowest BCUT2D eigenvalue weighted by molar-refractivity contribution is -0.111. The highest BCUT2D eigenvalue weighted by Crippen LogP contribution is 2.24. The van der Waals surface area contributed by atoms with Crippen molar-refractivity contribution in [2.75, 3.05) is 29.2 Å². The molecule has 0 aliphatic rings. The Bertz CT molecular complexity index is 1090. The Labute approximate surface area is 185 Å². The lowest BCUT2D eigenvalue weighted by atomic mass is 10.2. The van der Waals surface area contributed by atoms with Crippen LogP contribution in [0.4, 0.5) is 33.2 Å². The van der Waals surface area contributed by atoms with Crippen LogP contribution in [-0.4, -0.2) is 34.2 Å². The fraction of sp³-hybridized carbons (Fsp3) is 0.174. The van der Waals surface area contributed by atoms with Crippen LogP contribution in [0.2, 0.25) is 0 Å². The zero-order valence-electron chi connectivity index (χ0n) is 17.5. The minimum absolute atomic E-state index is 0.0178. The van der Waals surface area contributed by atoms with E-state index >= 15 is 0 Å². The molecular weight excluding hydrogens is 413 g/mol. The summed E-state index contributed by atoms with van der Waals surface area (Å²) in [5.74, 6) is -0.187. The summed E-state index contributed by atoms with van der Waals surface area (Å²) in [6, 6.07) is 13.9. The van der Waals surface area contributed by atoms with E-state index in [1.165, 1.54) is 0 Å². The third-order valence-corrected chi connectivity index (χ3v) is 4.26. The molecule has 2 aromatic carbocycles. The van der Waals surface area contributed by atoms with Gasteiger partial charge in [-0.1, -0.05) is 25.6 Å². The van der Waals surface area contributed by atoms with Gasteiger partial charge < -0.3 is 25.8 Å². The number of nitrogens with zero attached hydrogens (tertiary/aromatic N) is 2. The number of carbonyl (C=O) groups excluding carboxylic acids is 1. The van der Waals surface area contributed by atoms with E-state index in [1.54, 1.807) is 48.5 Å². The van der Waals surface area contributed by atoms with Crippen molar-refractivity contribution in [1.82, 2.24) is 9.97 Å². The number of benzene rings is 2. The number of aliphatic hydroxyl groups is 1. The highest BCUT2D eigenvalue weighted by molar-refractivity contribution is 5.99. The van der Waals surface area contributed by atoms with Crippen LogP contribution >= 0.6 is 0 Å². The van der Waals surface area contributed by atoms with Crippen molar-refractivity contribution in [1.29, 1.82) is 0 Å². The van der Waals surface area contributed by atoms with E-state index in [1.807, 2.05) is 6.92 Å². The Balaban J connectivity index is 1.72. The van der Waals surface area contributed by atoms with E-state index in [0.29, 0.717) is 29.4 Å². The normalized spacial score (nSPS) is 11.3. The molecule has 0 aliphatic carbocycles. The second-order valence-electron chi connectivity index (χ2n) is 7.04. The second kappa shape index (κ2) is 10.9. The highest BCUT2D eigenvalue weighted by atomic mass is 19.1. The van der Waals surface area contributed by atoms with Gasteiger partial charge in [0.2, 0.25) is 11.9 Å². The van der Waals surface area contributed by atoms with Crippen molar-refractivity contribution in [2.24, 2.45) is 5.92 Å². The van der Waals surface area contributed by atoms with Gasteiger partial charge in [-0.05, 0) is 36.4 Å². The van der Waals surface area contributed by atoms with Gasteiger partial charge >= 0.3 is 0 Å². The Morgan fingerprint density at radius 2 is 1.91 bits per heavy atom. The average molecular weight is 437 g/mol. The smallest absolute Gasteiger partial charge is 0.247 e. The van der Waals surface area contributed by atoms with Gasteiger partial charge in [-0.3, -0.25) is 4.79 Å². The van der Waals surface area contributed by atoms with Crippen molar-refractivity contribution >= 4 is 34.7 Å². The Hall–Kier alpha value is -3.98. The first-order valence-corrected chi connectivity index (χ1v) is 9.90. The molecule has 0 bridgehead atoms. The molecule has 166 valence electrons. The van der Waals surface area contributed by atoms with E-state index in [9.17, 15) is 9.18 Å². The van der Waals surface area contributed by atoms with Crippen molar-refractivity contribution in [3.05, 3.63) is 73.2 Å². The molecule has 1 aromatic heterocycles. The predicted molar refractivity (Wildman–Crippen MR) is 122 cm³/mol. The summed E-state index contributed by atoms with van der Waals surface area (Å²) in [5, 5.41) is 17.7. The molecule has 0 radical (unpaired) electrons. The van der Waals surface area contributed by atoms with Gasteiger partial charge in [0.15, 0.2) is 11.6 Å². The van der Waals surface area contributed by atoms with Crippen LogP contribution in [-0.2, 0) is 4.79 Å². The number of halogens is 1. The number of aliphatic hydroxyl groups excluding tert-OH is 1. The van der Waals surface area contributed by atoms with Gasteiger partial charge in [0.05, 0.1) is 12.8 Å². The second-order valence-corrected chi connectivity index (χ2v) is 7.04. The topological polar surface area (TPSA) is 108 Å². The Kier molecular flexibility index (Phi) is 7.71. The summed E-state index contributed by atoms with van der Waals surface area (Å²) in [7, 11) is 0. The van der Waals surface area contributed by atoms with Crippen LogP contribution in [0.3, 0.4) is 0 Å². The van der Waals surface area contributed by atoms with Gasteiger partial charge in [0, 0.05) is 35.7 Å². The van der Waals surface area contributed by atoms with Crippen LogP contribution in [0.5, 0.6) is 5.75 Å². The van der Waals surface area contributed by atoms with Crippen molar-refractivity contribution in [2.45, 2.75) is 6.92 Å². The number of carbonyl (C=O) groups is 1. The number of hydrogen-bond acceptors (Lipinski definition) is 7. The van der Waals surface area contributed by atoms with Crippen molar-refractivity contribution < 1.29 is 19.0 Å². The first-order valence-electron chi connectivity index (χ1n) is 9.90. The first-order chi connectivity index (χ1) is 15.5. The predicted octanol–water partition coefficient (Wildman–Crippen LogP) is 4.23. The summed E-state index contributed by atoms with van der Waals surface area (Å²) >= 11 is 0. The number of anilines is 5. The van der Waals surface area contributed by atoms with Gasteiger partial charge in [-0.15, -0.1) is 0 Å². The van der Waals surface area contributed by atoms with Crippen LogP contribution in [0.25, 0.3) is 0 Å². The SMILES string of the molecule is C=CC(=O)Nc1cccc(Nc2nc(Nc3cccc(OCC(C)CO)c3)ncc2F)c1. The van der Waals surface area contributed by atoms with Crippen molar-refractivity contribution in [3.8, 4) is 5.75 Å². The van der Waals surface area contributed by atoms with Crippen molar-refractivity contribution in [3.63, 3.8) is 0 Å². The number of nitrogens with one attached hydrogen (secondary N) is 3. The average Bonchev–Trinajstić information content (AvgIpc) is 2.80. The number of aromatic nitrogens is 2. The maximum atomic E-state index is 14.3. The molecule has 9 heteroatoms. The molecule has 32 heavy (non-hydrogen) atoms. The third-order valence-electron chi connectivity index (χ3n) is 4.26. The molecule has 1 heterocycles. The maximum absolute atomic E-state index is 14.3. The zero-order chi connectivity index (χ0) is 22.9. The van der Waals surface area contributed by atoms with E-state index in [2.05, 4.69) is 32.5 Å².